The second-order valence-electron chi connectivity index (χ2n) is 9.16. The van der Waals surface area contributed by atoms with Gasteiger partial charge in [0.1, 0.15) is 37.5 Å². The third kappa shape index (κ3) is 3.53. The molecule has 26 heavy (non-hydrogen) atoms. The number of methoxy groups -OCH3 is 1. The van der Waals surface area contributed by atoms with Crippen LogP contribution in [0.15, 0.2) is 12.1 Å². The average Bonchev–Trinajstić information content (AvgIpc) is 3.13. The van der Waals surface area contributed by atoms with Crippen molar-refractivity contribution in [2.45, 2.75) is 77.4 Å². The Labute approximate surface area is 159 Å². The van der Waals surface area contributed by atoms with Crippen LogP contribution in [0.25, 0.3) is 0 Å². The minimum Gasteiger partial charge on any atom is -0.496 e. The summed E-state index contributed by atoms with van der Waals surface area (Å²) in [5.41, 5.74) is 4.23. The highest BCUT2D eigenvalue weighted by atomic mass is 16.5. The Hall–Kier alpha value is -1.06. The molecule has 4 atom stereocenters. The number of fused-ring (bicyclic) bond motifs is 1. The lowest BCUT2D eigenvalue weighted by atomic mass is 9.78. The molecule has 2 heterocycles. The van der Waals surface area contributed by atoms with Gasteiger partial charge < -0.3 is 14.5 Å². The zero-order chi connectivity index (χ0) is 18.1. The minimum absolute atomic E-state index is 0.892. The molecular formula is C23H38N2O+2. The van der Waals surface area contributed by atoms with Crippen LogP contribution < -0.4 is 14.5 Å². The summed E-state index contributed by atoms with van der Waals surface area (Å²) >= 11 is 0. The Morgan fingerprint density at radius 1 is 0.923 bits per heavy atom. The van der Waals surface area contributed by atoms with Crippen LogP contribution >= 0.6 is 0 Å². The number of ether oxygens (including phenoxy) is 1. The number of benzene rings is 1. The smallest absolute Gasteiger partial charge is 0.143 e. The van der Waals surface area contributed by atoms with Crippen molar-refractivity contribution in [2.75, 3.05) is 26.7 Å². The van der Waals surface area contributed by atoms with Crippen molar-refractivity contribution in [1.82, 2.24) is 0 Å². The van der Waals surface area contributed by atoms with E-state index >= 15 is 0 Å². The number of hydrogen-bond acceptors (Lipinski definition) is 1. The van der Waals surface area contributed by atoms with Gasteiger partial charge in [-0.15, -0.1) is 0 Å². The summed E-state index contributed by atoms with van der Waals surface area (Å²) < 4.78 is 5.53. The number of quaternary nitrogens is 2. The Morgan fingerprint density at radius 3 is 2.50 bits per heavy atom. The molecule has 3 nitrogen and oxygen atoms in total. The zero-order valence-electron chi connectivity index (χ0n) is 17.1. The summed E-state index contributed by atoms with van der Waals surface area (Å²) in [6.07, 6.45) is 10.3. The van der Waals surface area contributed by atoms with Crippen LogP contribution in [-0.4, -0.2) is 38.8 Å². The molecule has 0 radical (unpaired) electrons. The Morgan fingerprint density at radius 2 is 1.73 bits per heavy atom. The third-order valence-electron chi connectivity index (χ3n) is 7.64. The van der Waals surface area contributed by atoms with E-state index in [2.05, 4.69) is 26.0 Å². The van der Waals surface area contributed by atoms with Crippen LogP contribution in [0.3, 0.4) is 0 Å². The van der Waals surface area contributed by atoms with Crippen molar-refractivity contribution in [2.24, 2.45) is 5.92 Å². The lowest BCUT2D eigenvalue weighted by Crippen LogP contribution is -3.32. The summed E-state index contributed by atoms with van der Waals surface area (Å²) in [5, 5.41) is 0. The summed E-state index contributed by atoms with van der Waals surface area (Å²) in [4.78, 5) is 3.83. The van der Waals surface area contributed by atoms with Gasteiger partial charge in [-0.25, -0.2) is 0 Å². The lowest BCUT2D eigenvalue weighted by molar-refractivity contribution is -1.05. The predicted octanol–water partition coefficient (Wildman–Crippen LogP) is 1.71. The van der Waals surface area contributed by atoms with Gasteiger partial charge in [0.05, 0.1) is 13.7 Å². The molecule has 0 amide bonds. The molecule has 1 aromatic carbocycles. The Kier molecular flexibility index (Phi) is 5.56. The lowest BCUT2D eigenvalue weighted by Gasteiger charge is -2.44. The fourth-order valence-corrected chi connectivity index (χ4v) is 6.32. The van der Waals surface area contributed by atoms with Gasteiger partial charge in [0.2, 0.25) is 0 Å². The van der Waals surface area contributed by atoms with Crippen LogP contribution in [0.5, 0.6) is 5.75 Å². The van der Waals surface area contributed by atoms with Crippen molar-refractivity contribution >= 4 is 0 Å². The van der Waals surface area contributed by atoms with Crippen molar-refractivity contribution < 1.29 is 14.5 Å². The van der Waals surface area contributed by atoms with Gasteiger partial charge in [-0.05, 0) is 49.9 Å². The van der Waals surface area contributed by atoms with E-state index in [1.807, 2.05) is 9.80 Å². The number of piperazine rings is 1. The van der Waals surface area contributed by atoms with Crippen LogP contribution in [0.2, 0.25) is 0 Å². The van der Waals surface area contributed by atoms with E-state index in [0.717, 1.165) is 23.8 Å². The number of rotatable bonds is 4. The van der Waals surface area contributed by atoms with Gasteiger partial charge in [0.25, 0.3) is 0 Å². The maximum Gasteiger partial charge on any atom is 0.143 e. The van der Waals surface area contributed by atoms with Crippen molar-refractivity contribution in [3.8, 4) is 5.75 Å². The summed E-state index contributed by atoms with van der Waals surface area (Å²) in [7, 11) is 1.79. The van der Waals surface area contributed by atoms with E-state index in [4.69, 9.17) is 4.74 Å². The van der Waals surface area contributed by atoms with Gasteiger partial charge in [-0.3, -0.25) is 0 Å². The molecular weight excluding hydrogens is 320 g/mol. The summed E-state index contributed by atoms with van der Waals surface area (Å²) in [6.45, 7) is 9.84. The van der Waals surface area contributed by atoms with E-state index in [1.54, 1.807) is 12.7 Å². The van der Waals surface area contributed by atoms with E-state index in [9.17, 15) is 0 Å². The summed E-state index contributed by atoms with van der Waals surface area (Å²) in [5.74, 6) is 2.01. The molecule has 3 aliphatic rings. The first-order valence-electron chi connectivity index (χ1n) is 11.0. The first-order chi connectivity index (χ1) is 12.7. The van der Waals surface area contributed by atoms with E-state index in [-0.39, 0.29) is 0 Å². The van der Waals surface area contributed by atoms with Gasteiger partial charge in [0, 0.05) is 24.3 Å². The number of aryl methyl sites for hydroxylation is 2. The van der Waals surface area contributed by atoms with Crippen molar-refractivity contribution in [3.05, 3.63) is 28.8 Å². The average molecular weight is 359 g/mol. The molecule has 3 heteroatoms. The molecule has 0 aromatic heterocycles. The van der Waals surface area contributed by atoms with E-state index in [1.165, 1.54) is 82.3 Å². The largest absolute Gasteiger partial charge is 0.496 e. The van der Waals surface area contributed by atoms with Crippen molar-refractivity contribution in [1.29, 1.82) is 0 Å². The maximum absolute atomic E-state index is 5.53. The normalized spacial score (nSPS) is 32.4. The summed E-state index contributed by atoms with van der Waals surface area (Å²) in [6, 6.07) is 6.47. The predicted molar refractivity (Wildman–Crippen MR) is 106 cm³/mol. The van der Waals surface area contributed by atoms with Crippen molar-refractivity contribution in [3.63, 3.8) is 0 Å². The highest BCUT2D eigenvalue weighted by molar-refractivity contribution is 5.41. The molecule has 3 fully saturated rings. The van der Waals surface area contributed by atoms with Gasteiger partial charge in [-0.2, -0.15) is 0 Å². The van der Waals surface area contributed by atoms with Crippen LogP contribution in [-0.2, 0) is 6.54 Å². The van der Waals surface area contributed by atoms with Crippen LogP contribution in [0.1, 0.15) is 61.6 Å². The molecule has 2 unspecified atom stereocenters. The topological polar surface area (TPSA) is 18.1 Å². The fraction of sp³-hybridized carbons (Fsp3) is 0.739. The van der Waals surface area contributed by atoms with E-state index in [0.29, 0.717) is 0 Å². The Bertz CT molecular complexity index is 623. The number of nitrogens with one attached hydrogen (secondary N) is 2. The first kappa shape index (κ1) is 18.3. The van der Waals surface area contributed by atoms with Gasteiger partial charge in [-0.1, -0.05) is 19.3 Å². The molecule has 1 saturated carbocycles. The molecule has 2 N–H and O–H groups in total. The first-order valence-corrected chi connectivity index (χ1v) is 11.0. The molecule has 2 aliphatic heterocycles. The van der Waals surface area contributed by atoms with Gasteiger partial charge in [0.15, 0.2) is 0 Å². The molecule has 0 bridgehead atoms. The van der Waals surface area contributed by atoms with E-state index < -0.39 is 0 Å². The minimum atomic E-state index is 0.892. The van der Waals surface area contributed by atoms with Gasteiger partial charge >= 0.3 is 0 Å². The second-order valence-corrected chi connectivity index (χ2v) is 9.16. The van der Waals surface area contributed by atoms with Crippen LogP contribution in [0.4, 0.5) is 0 Å². The third-order valence-corrected chi connectivity index (χ3v) is 7.64. The molecule has 1 aliphatic carbocycles. The maximum atomic E-state index is 5.53. The fourth-order valence-electron chi connectivity index (χ4n) is 6.32. The molecule has 0 spiro atoms. The highest BCUT2D eigenvalue weighted by Gasteiger charge is 2.49. The molecule has 2 saturated heterocycles. The highest BCUT2D eigenvalue weighted by Crippen LogP contribution is 2.29. The Balaban J connectivity index is 1.58. The molecule has 144 valence electrons. The molecule has 4 rings (SSSR count). The standard InChI is InChI=1S/C23H36N2O/c1-17-15-22(26-3)18(2)14-20(17)16-25-13-12-24-11-7-10-21(24)23(25)19-8-5-4-6-9-19/h14-15,19,21,23H,4-13,16H2,1-3H3/p+2/t21-,23+/m1/s1. The quantitative estimate of drug-likeness (QED) is 0.839. The zero-order valence-corrected chi connectivity index (χ0v) is 17.1. The number of hydrogen-bond donors (Lipinski definition) is 2. The second kappa shape index (κ2) is 7.90. The monoisotopic (exact) mass is 358 g/mol. The van der Waals surface area contributed by atoms with Crippen LogP contribution in [0, 0.1) is 19.8 Å². The SMILES string of the molecule is COc1cc(C)c(C[NH+]2CC[NH+]3CCC[C@@H]3[C@@H]2C2CCCCC2)cc1C. The molecule has 1 aromatic rings.